The van der Waals surface area contributed by atoms with Gasteiger partial charge in [-0.2, -0.15) is 5.10 Å². The van der Waals surface area contributed by atoms with Crippen molar-refractivity contribution in [3.05, 3.63) is 129 Å². The second-order valence-electron chi connectivity index (χ2n) is 9.21. The molecule has 12 heteroatoms. The largest absolute Gasteiger partial charge is 0.497 e. The number of carbonyl (C=O) groups is 3. The molecule has 0 unspecified atom stereocenters. The van der Waals surface area contributed by atoms with Gasteiger partial charge in [0.15, 0.2) is 11.5 Å². The number of benzene rings is 4. The van der Waals surface area contributed by atoms with Crippen LogP contribution in [0.3, 0.4) is 0 Å². The lowest BCUT2D eigenvalue weighted by Gasteiger charge is -2.10. The zero-order valence-corrected chi connectivity index (χ0v) is 24.3. The summed E-state index contributed by atoms with van der Waals surface area (Å²) < 4.78 is 16.2. The van der Waals surface area contributed by atoms with Gasteiger partial charge in [-0.3, -0.25) is 19.7 Å². The Kier molecular flexibility index (Phi) is 10.7. The highest BCUT2D eigenvalue weighted by atomic mass is 16.6. The maximum absolute atomic E-state index is 12.7. The van der Waals surface area contributed by atoms with Crippen molar-refractivity contribution in [3.63, 3.8) is 0 Å². The molecule has 0 radical (unpaired) electrons. The lowest BCUT2D eigenvalue weighted by atomic mass is 10.1. The summed E-state index contributed by atoms with van der Waals surface area (Å²) in [5, 5.41) is 17.6. The van der Waals surface area contributed by atoms with Crippen LogP contribution in [0.2, 0.25) is 0 Å². The van der Waals surface area contributed by atoms with Gasteiger partial charge in [-0.25, -0.2) is 10.2 Å². The third-order valence-corrected chi connectivity index (χ3v) is 6.09. The van der Waals surface area contributed by atoms with Crippen molar-refractivity contribution in [3.8, 4) is 17.2 Å². The fourth-order valence-corrected chi connectivity index (χ4v) is 3.91. The quantitative estimate of drug-likeness (QED) is 0.0522. The number of rotatable bonds is 12. The standard InChI is InChI=1S/C33H28N4O8/c1-3-44-30-18-23(12-16-29(30)45-31(38)17-13-22-10-14-27(15-11-22)37(41)42)21-34-36-33(40)24-6-4-8-26(19-24)35-32(39)25-7-5-9-28(20-25)43-2/h4-21H,3H2,1-2H3,(H,35,39)(H,36,40)/b17-13+,34-21?. The van der Waals surface area contributed by atoms with Crippen LogP contribution in [0.25, 0.3) is 6.08 Å². The van der Waals surface area contributed by atoms with Crippen molar-refractivity contribution >= 4 is 41.4 Å². The first-order valence-corrected chi connectivity index (χ1v) is 13.6. The number of ether oxygens (including phenoxy) is 3. The number of nitrogens with zero attached hydrogens (tertiary/aromatic N) is 2. The Morgan fingerprint density at radius 3 is 2.29 bits per heavy atom. The summed E-state index contributed by atoms with van der Waals surface area (Å²) in [6, 6.07) is 23.5. The number of amides is 2. The molecular weight excluding hydrogens is 580 g/mol. The van der Waals surface area contributed by atoms with Crippen molar-refractivity contribution in [1.82, 2.24) is 5.43 Å². The van der Waals surface area contributed by atoms with Gasteiger partial charge in [0.25, 0.3) is 17.5 Å². The lowest BCUT2D eigenvalue weighted by molar-refractivity contribution is -0.384. The van der Waals surface area contributed by atoms with E-state index in [0.717, 1.165) is 0 Å². The number of hydrazone groups is 1. The Balaban J connectivity index is 1.36. The van der Waals surface area contributed by atoms with E-state index >= 15 is 0 Å². The minimum atomic E-state index is -0.676. The summed E-state index contributed by atoms with van der Waals surface area (Å²) in [5.41, 5.74) is 4.63. The van der Waals surface area contributed by atoms with Crippen LogP contribution in [0.5, 0.6) is 17.2 Å². The van der Waals surface area contributed by atoms with E-state index in [1.54, 1.807) is 61.5 Å². The zero-order valence-electron chi connectivity index (χ0n) is 24.3. The molecule has 0 atom stereocenters. The summed E-state index contributed by atoms with van der Waals surface area (Å²) in [6.45, 7) is 2.07. The van der Waals surface area contributed by atoms with Crippen LogP contribution in [0.4, 0.5) is 11.4 Å². The third-order valence-electron chi connectivity index (χ3n) is 6.09. The van der Waals surface area contributed by atoms with Gasteiger partial charge in [0.1, 0.15) is 5.75 Å². The van der Waals surface area contributed by atoms with Crippen LogP contribution in [-0.2, 0) is 4.79 Å². The molecule has 0 saturated heterocycles. The van der Waals surface area contributed by atoms with Crippen LogP contribution in [0.15, 0.2) is 102 Å². The predicted octanol–water partition coefficient (Wildman–Crippen LogP) is 5.64. The first-order chi connectivity index (χ1) is 21.7. The number of non-ortho nitro benzene ring substituents is 1. The molecule has 0 spiro atoms. The van der Waals surface area contributed by atoms with Crippen molar-refractivity contribution in [2.24, 2.45) is 5.10 Å². The highest BCUT2D eigenvalue weighted by Gasteiger charge is 2.12. The predicted molar refractivity (Wildman–Crippen MR) is 168 cm³/mol. The molecule has 0 fully saturated rings. The molecule has 228 valence electrons. The van der Waals surface area contributed by atoms with E-state index < -0.39 is 16.8 Å². The van der Waals surface area contributed by atoms with Gasteiger partial charge in [0.05, 0.1) is 24.9 Å². The molecule has 4 aromatic carbocycles. The molecule has 2 amide bonds. The van der Waals surface area contributed by atoms with Crippen molar-refractivity contribution in [1.29, 1.82) is 0 Å². The molecule has 12 nitrogen and oxygen atoms in total. The molecule has 0 aromatic heterocycles. The maximum atomic E-state index is 12.7. The Labute approximate surface area is 258 Å². The van der Waals surface area contributed by atoms with E-state index in [-0.39, 0.29) is 28.7 Å². The lowest BCUT2D eigenvalue weighted by Crippen LogP contribution is -2.18. The van der Waals surface area contributed by atoms with Gasteiger partial charge in [0.2, 0.25) is 0 Å². The topological polar surface area (TPSA) is 158 Å². The van der Waals surface area contributed by atoms with E-state index in [4.69, 9.17) is 14.2 Å². The molecule has 0 aliphatic carbocycles. The number of methoxy groups -OCH3 is 1. The molecule has 0 saturated carbocycles. The molecule has 0 bridgehead atoms. The Morgan fingerprint density at radius 1 is 0.867 bits per heavy atom. The second kappa shape index (κ2) is 15.3. The van der Waals surface area contributed by atoms with Crippen LogP contribution in [-0.4, -0.2) is 42.6 Å². The Morgan fingerprint density at radius 2 is 1.58 bits per heavy atom. The van der Waals surface area contributed by atoms with Crippen LogP contribution in [0.1, 0.15) is 38.8 Å². The summed E-state index contributed by atoms with van der Waals surface area (Å²) in [4.78, 5) is 48.0. The molecule has 4 rings (SSSR count). The number of hydrogen-bond donors (Lipinski definition) is 2. The number of nitro benzene ring substituents is 1. The number of hydrogen-bond acceptors (Lipinski definition) is 9. The maximum Gasteiger partial charge on any atom is 0.336 e. The molecular formula is C33H28N4O8. The van der Waals surface area contributed by atoms with Gasteiger partial charge < -0.3 is 19.5 Å². The monoisotopic (exact) mass is 608 g/mol. The van der Waals surface area contributed by atoms with Crippen LogP contribution < -0.4 is 25.0 Å². The van der Waals surface area contributed by atoms with Crippen molar-refractivity contribution < 1.29 is 33.5 Å². The molecule has 45 heavy (non-hydrogen) atoms. The van der Waals surface area contributed by atoms with Crippen LogP contribution in [0, 0.1) is 10.1 Å². The van der Waals surface area contributed by atoms with Gasteiger partial charge in [-0.1, -0.05) is 12.1 Å². The van der Waals surface area contributed by atoms with Gasteiger partial charge >= 0.3 is 5.97 Å². The van der Waals surface area contributed by atoms with Gasteiger partial charge in [0, 0.05) is 35.0 Å². The zero-order chi connectivity index (χ0) is 32.2. The molecule has 2 N–H and O–H groups in total. The number of nitro groups is 1. The summed E-state index contributed by atoms with van der Waals surface area (Å²) in [7, 11) is 1.51. The Hall–Kier alpha value is -6.30. The molecule has 0 aliphatic heterocycles. The van der Waals surface area contributed by atoms with Crippen molar-refractivity contribution in [2.45, 2.75) is 6.92 Å². The highest BCUT2D eigenvalue weighted by molar-refractivity contribution is 6.05. The van der Waals surface area contributed by atoms with E-state index in [1.165, 1.54) is 61.9 Å². The average Bonchev–Trinajstić information content (AvgIpc) is 3.05. The highest BCUT2D eigenvalue weighted by Crippen LogP contribution is 2.28. The van der Waals surface area contributed by atoms with Crippen LogP contribution >= 0.6 is 0 Å². The number of nitrogens with one attached hydrogen (secondary N) is 2. The normalized spacial score (nSPS) is 10.8. The first-order valence-electron chi connectivity index (χ1n) is 13.6. The molecule has 0 heterocycles. The fraction of sp³-hybridized carbons (Fsp3) is 0.0909. The summed E-state index contributed by atoms with van der Waals surface area (Å²) in [5.74, 6) is -0.534. The van der Waals surface area contributed by atoms with E-state index in [0.29, 0.717) is 34.7 Å². The molecule has 0 aliphatic rings. The number of anilines is 1. The van der Waals surface area contributed by atoms with E-state index in [2.05, 4.69) is 15.8 Å². The SMILES string of the molecule is CCOc1cc(C=NNC(=O)c2cccc(NC(=O)c3cccc(OC)c3)c2)ccc1OC(=O)/C=C/c1ccc([N+](=O)[O-])cc1. The molecule has 4 aromatic rings. The fourth-order valence-electron chi connectivity index (χ4n) is 3.91. The van der Waals surface area contributed by atoms with Gasteiger partial charge in [-0.15, -0.1) is 0 Å². The first kappa shape index (κ1) is 31.6. The average molecular weight is 609 g/mol. The van der Waals surface area contributed by atoms with Crippen molar-refractivity contribution in [2.75, 3.05) is 19.0 Å². The third kappa shape index (κ3) is 9.09. The van der Waals surface area contributed by atoms with E-state index in [1.807, 2.05) is 0 Å². The summed E-state index contributed by atoms with van der Waals surface area (Å²) >= 11 is 0. The smallest absolute Gasteiger partial charge is 0.336 e. The minimum absolute atomic E-state index is 0.0556. The van der Waals surface area contributed by atoms with E-state index in [9.17, 15) is 24.5 Å². The Bertz CT molecular complexity index is 1770. The minimum Gasteiger partial charge on any atom is -0.497 e. The number of carbonyl (C=O) groups excluding carboxylic acids is 3. The van der Waals surface area contributed by atoms with Gasteiger partial charge in [-0.05, 0) is 90.9 Å². The summed E-state index contributed by atoms with van der Waals surface area (Å²) in [6.07, 6.45) is 4.07. The second-order valence-corrected chi connectivity index (χ2v) is 9.21. The number of esters is 1.